The van der Waals surface area contributed by atoms with Crippen LogP contribution < -0.4 is 10.6 Å². The summed E-state index contributed by atoms with van der Waals surface area (Å²) in [5.74, 6) is -1.46. The van der Waals surface area contributed by atoms with Gasteiger partial charge in [0.15, 0.2) is 0 Å². The Kier molecular flexibility index (Phi) is 9.11. The number of hydrogen-bond acceptors (Lipinski definition) is 3. The monoisotopic (exact) mass is 579 g/mol. The minimum atomic E-state index is -4.70. The van der Waals surface area contributed by atoms with Crippen LogP contribution in [0.4, 0.5) is 22.0 Å². The van der Waals surface area contributed by atoms with Gasteiger partial charge in [0.1, 0.15) is 11.6 Å². The first kappa shape index (κ1) is 30.9. The lowest BCUT2D eigenvalue weighted by molar-refractivity contribution is -0.137. The molecule has 2 aliphatic rings. The van der Waals surface area contributed by atoms with Crippen molar-refractivity contribution >= 4 is 11.8 Å². The van der Waals surface area contributed by atoms with E-state index in [0.717, 1.165) is 50.0 Å². The Morgan fingerprint density at radius 2 is 1.63 bits per heavy atom. The molecule has 2 amide bonds. The fraction of sp³-hybridized carbons (Fsp3) is 0.548. The predicted molar refractivity (Wildman–Crippen MR) is 146 cm³/mol. The maximum absolute atomic E-state index is 13.9. The van der Waals surface area contributed by atoms with Gasteiger partial charge in [-0.15, -0.1) is 0 Å². The Hall–Kier alpha value is -3.01. The Balaban J connectivity index is 1.47. The highest BCUT2D eigenvalue weighted by Crippen LogP contribution is 2.47. The van der Waals surface area contributed by atoms with Gasteiger partial charge < -0.3 is 15.5 Å². The van der Waals surface area contributed by atoms with Crippen molar-refractivity contribution < 1.29 is 31.5 Å². The quantitative estimate of drug-likeness (QED) is 0.360. The van der Waals surface area contributed by atoms with Crippen molar-refractivity contribution in [1.29, 1.82) is 0 Å². The number of benzene rings is 2. The second-order valence-corrected chi connectivity index (χ2v) is 12.3. The van der Waals surface area contributed by atoms with E-state index in [2.05, 4.69) is 15.5 Å². The lowest BCUT2D eigenvalue weighted by Gasteiger charge is -2.39. The average Bonchev–Trinajstić information content (AvgIpc) is 3.30. The molecule has 1 aliphatic heterocycles. The number of likely N-dealkylation sites (tertiary alicyclic amines) is 1. The smallest absolute Gasteiger partial charge is 0.352 e. The van der Waals surface area contributed by atoms with E-state index >= 15 is 0 Å². The molecule has 1 aliphatic carbocycles. The first-order valence-electron chi connectivity index (χ1n) is 14.1. The van der Waals surface area contributed by atoms with Crippen LogP contribution >= 0.6 is 0 Å². The van der Waals surface area contributed by atoms with E-state index in [4.69, 9.17) is 0 Å². The van der Waals surface area contributed by atoms with Gasteiger partial charge in [0, 0.05) is 25.0 Å². The number of amides is 2. The molecule has 0 radical (unpaired) electrons. The molecular formula is C31H38F5N3O2. The summed E-state index contributed by atoms with van der Waals surface area (Å²) in [4.78, 5) is 28.0. The third kappa shape index (κ3) is 7.84. The van der Waals surface area contributed by atoms with Gasteiger partial charge in [0.05, 0.1) is 11.0 Å². The van der Waals surface area contributed by atoms with Crippen LogP contribution in [0.1, 0.15) is 81.9 Å². The van der Waals surface area contributed by atoms with E-state index in [1.807, 2.05) is 26.0 Å². The topological polar surface area (TPSA) is 61.4 Å². The highest BCUT2D eigenvalue weighted by molar-refractivity contribution is 5.83. The number of nitrogens with one attached hydrogen (secondary N) is 2. The van der Waals surface area contributed by atoms with Crippen molar-refractivity contribution in [2.24, 2.45) is 5.41 Å². The molecule has 1 saturated carbocycles. The van der Waals surface area contributed by atoms with Crippen LogP contribution in [0.15, 0.2) is 42.5 Å². The van der Waals surface area contributed by atoms with Gasteiger partial charge in [-0.1, -0.05) is 12.1 Å². The van der Waals surface area contributed by atoms with Crippen molar-refractivity contribution in [3.05, 3.63) is 70.8 Å². The lowest BCUT2D eigenvalue weighted by Crippen LogP contribution is -2.51. The SMILES string of the molecule is CC(=O)NC(C)(C)C[C@]1(C(=O)NCc2cc(F)cc(C(F)(F)F)c2)CC[C@@H](N2CCC(c3ccc(F)cc3)CC2)C1. The van der Waals surface area contributed by atoms with E-state index in [9.17, 15) is 31.5 Å². The minimum absolute atomic E-state index is 0.0272. The number of carbonyl (C=O) groups excluding carboxylic acids is 2. The molecule has 0 spiro atoms. The molecule has 2 aromatic rings. The zero-order chi connectivity index (χ0) is 30.0. The maximum Gasteiger partial charge on any atom is 0.416 e. The summed E-state index contributed by atoms with van der Waals surface area (Å²) in [6.45, 7) is 6.56. The molecule has 5 nitrogen and oxygen atoms in total. The molecule has 2 atom stereocenters. The molecule has 224 valence electrons. The Bertz CT molecular complexity index is 1240. The number of hydrogen-bond donors (Lipinski definition) is 2. The normalized spacial score (nSPS) is 22.5. The molecular weight excluding hydrogens is 541 g/mol. The molecule has 10 heteroatoms. The second-order valence-electron chi connectivity index (χ2n) is 12.3. The van der Waals surface area contributed by atoms with Crippen LogP contribution in [0.25, 0.3) is 0 Å². The van der Waals surface area contributed by atoms with Gasteiger partial charge in [0.25, 0.3) is 0 Å². The van der Waals surface area contributed by atoms with Crippen molar-refractivity contribution in [3.63, 3.8) is 0 Å². The minimum Gasteiger partial charge on any atom is -0.352 e. The van der Waals surface area contributed by atoms with E-state index in [1.54, 1.807) is 0 Å². The Morgan fingerprint density at radius 1 is 0.976 bits per heavy atom. The summed E-state index contributed by atoms with van der Waals surface area (Å²) in [5.41, 5.74) is -1.51. The summed E-state index contributed by atoms with van der Waals surface area (Å²) < 4.78 is 66.9. The zero-order valence-electron chi connectivity index (χ0n) is 23.7. The number of rotatable bonds is 8. The van der Waals surface area contributed by atoms with E-state index < -0.39 is 28.5 Å². The summed E-state index contributed by atoms with van der Waals surface area (Å²) in [6.07, 6.45) is -0.651. The zero-order valence-corrected chi connectivity index (χ0v) is 23.7. The third-order valence-electron chi connectivity index (χ3n) is 8.48. The predicted octanol–water partition coefficient (Wildman–Crippen LogP) is 6.32. The summed E-state index contributed by atoms with van der Waals surface area (Å²) in [7, 11) is 0. The van der Waals surface area contributed by atoms with Crippen LogP contribution in [0.3, 0.4) is 0 Å². The molecule has 41 heavy (non-hydrogen) atoms. The largest absolute Gasteiger partial charge is 0.416 e. The third-order valence-corrected chi connectivity index (χ3v) is 8.48. The van der Waals surface area contributed by atoms with Crippen LogP contribution in [0.5, 0.6) is 0 Å². The molecule has 2 fully saturated rings. The van der Waals surface area contributed by atoms with Crippen LogP contribution in [-0.2, 0) is 22.3 Å². The number of carbonyl (C=O) groups is 2. The van der Waals surface area contributed by atoms with Gasteiger partial charge in [-0.05, 0) is 113 Å². The standard InChI is InChI=1S/C31H38F5N3O2/c1-20(40)38-29(2,3)19-30(28(41)37-18-21-14-24(31(34,35)36)16-26(33)15-21)11-8-27(17-30)39-12-9-23(10-13-39)22-4-6-25(32)7-5-22/h4-7,14-16,23,27H,8-13,17-19H2,1-3H3,(H,37,41)(H,38,40)/t27-,30+/m1/s1. The molecule has 2 aromatic carbocycles. The number of halogens is 5. The fourth-order valence-electron chi connectivity index (χ4n) is 6.84. The first-order chi connectivity index (χ1) is 19.2. The molecule has 1 heterocycles. The van der Waals surface area contributed by atoms with Crippen molar-refractivity contribution in [3.8, 4) is 0 Å². The summed E-state index contributed by atoms with van der Waals surface area (Å²) >= 11 is 0. The Labute approximate surface area is 237 Å². The van der Waals surface area contributed by atoms with E-state index in [-0.39, 0.29) is 35.8 Å². The lowest BCUT2D eigenvalue weighted by atomic mass is 9.74. The summed E-state index contributed by atoms with van der Waals surface area (Å²) in [5, 5.41) is 5.70. The van der Waals surface area contributed by atoms with Gasteiger partial charge in [0.2, 0.25) is 11.8 Å². The van der Waals surface area contributed by atoms with E-state index in [0.29, 0.717) is 31.2 Å². The highest BCUT2D eigenvalue weighted by Gasteiger charge is 2.49. The second kappa shape index (κ2) is 12.1. The maximum atomic E-state index is 13.9. The molecule has 2 N–H and O–H groups in total. The summed E-state index contributed by atoms with van der Waals surface area (Å²) in [6, 6.07) is 9.04. The van der Waals surface area contributed by atoms with Gasteiger partial charge >= 0.3 is 6.18 Å². The molecule has 0 aromatic heterocycles. The number of alkyl halides is 3. The molecule has 4 rings (SSSR count). The van der Waals surface area contributed by atoms with Gasteiger partial charge in [-0.3, -0.25) is 9.59 Å². The van der Waals surface area contributed by atoms with Crippen LogP contribution in [-0.4, -0.2) is 41.4 Å². The fourth-order valence-corrected chi connectivity index (χ4v) is 6.84. The number of nitrogens with zero attached hydrogens (tertiary/aromatic N) is 1. The van der Waals surface area contributed by atoms with Crippen molar-refractivity contribution in [1.82, 2.24) is 15.5 Å². The van der Waals surface area contributed by atoms with Crippen molar-refractivity contribution in [2.75, 3.05) is 13.1 Å². The van der Waals surface area contributed by atoms with Gasteiger partial charge in [-0.2, -0.15) is 13.2 Å². The first-order valence-corrected chi connectivity index (χ1v) is 14.1. The molecule has 0 bridgehead atoms. The Morgan fingerprint density at radius 3 is 2.24 bits per heavy atom. The van der Waals surface area contributed by atoms with Crippen molar-refractivity contribution in [2.45, 2.75) is 89.5 Å². The highest BCUT2D eigenvalue weighted by atomic mass is 19.4. The number of piperidine rings is 1. The van der Waals surface area contributed by atoms with E-state index in [1.165, 1.54) is 19.1 Å². The van der Waals surface area contributed by atoms with Crippen LogP contribution in [0, 0.1) is 17.0 Å². The van der Waals surface area contributed by atoms with Crippen LogP contribution in [0.2, 0.25) is 0 Å². The molecule has 1 saturated heterocycles. The molecule has 0 unspecified atom stereocenters. The van der Waals surface area contributed by atoms with Gasteiger partial charge in [-0.25, -0.2) is 8.78 Å². The average molecular weight is 580 g/mol.